The van der Waals surface area contributed by atoms with Crippen LogP contribution < -0.4 is 19.5 Å². The predicted octanol–water partition coefficient (Wildman–Crippen LogP) is 4.74. The van der Waals surface area contributed by atoms with E-state index in [1.807, 2.05) is 26.0 Å². The van der Waals surface area contributed by atoms with Crippen molar-refractivity contribution >= 4 is 11.6 Å². The van der Waals surface area contributed by atoms with Gasteiger partial charge in [-0.05, 0) is 74.5 Å². The zero-order valence-corrected chi connectivity index (χ0v) is 22.2. The Morgan fingerprint density at radius 3 is 2.26 bits per heavy atom. The molecule has 3 heterocycles. The molecule has 5 aromatic rings. The number of rotatable bonds is 8. The van der Waals surface area contributed by atoms with Crippen molar-refractivity contribution in [3.05, 3.63) is 83.8 Å². The van der Waals surface area contributed by atoms with Gasteiger partial charge in [-0.2, -0.15) is 10.2 Å². The Bertz CT molecular complexity index is 1620. The molecule has 11 heteroatoms. The maximum Gasteiger partial charge on any atom is 0.273 e. The van der Waals surface area contributed by atoms with E-state index in [9.17, 15) is 4.79 Å². The summed E-state index contributed by atoms with van der Waals surface area (Å²) < 4.78 is 19.8. The van der Waals surface area contributed by atoms with E-state index in [0.29, 0.717) is 46.0 Å². The molecule has 5 rings (SSSR count). The maximum absolute atomic E-state index is 13.0. The van der Waals surface area contributed by atoms with Crippen LogP contribution in [-0.4, -0.2) is 49.9 Å². The smallest absolute Gasteiger partial charge is 0.273 e. The summed E-state index contributed by atoms with van der Waals surface area (Å²) in [6.45, 7) is 3.88. The van der Waals surface area contributed by atoms with E-state index in [-0.39, 0.29) is 5.91 Å². The van der Waals surface area contributed by atoms with Crippen LogP contribution in [0.1, 0.15) is 21.9 Å². The number of ether oxygens (including phenoxy) is 3. The van der Waals surface area contributed by atoms with Gasteiger partial charge < -0.3 is 19.5 Å². The first-order valence-corrected chi connectivity index (χ1v) is 12.1. The Labute approximate surface area is 225 Å². The summed E-state index contributed by atoms with van der Waals surface area (Å²) >= 11 is 0. The number of carbonyl (C=O) groups is 1. The van der Waals surface area contributed by atoms with Gasteiger partial charge in [0.1, 0.15) is 22.9 Å². The standard InChI is InChI=1S/C28H27N7O4/c1-17-14-18(2)35(32-17)26-12-13-27(31-30-26)39-20-8-6-19(7-9-20)29-28(36)24-16-23(33-34(24)3)22-15-21(37-4)10-11-25(22)38-5/h6-16H,1-5H3,(H,29,36). The lowest BCUT2D eigenvalue weighted by molar-refractivity contribution is 0.101. The number of aryl methyl sites for hydroxylation is 3. The Morgan fingerprint density at radius 2 is 1.62 bits per heavy atom. The molecule has 0 aliphatic rings. The molecular formula is C28H27N7O4. The van der Waals surface area contributed by atoms with Crippen molar-refractivity contribution < 1.29 is 19.0 Å². The van der Waals surface area contributed by atoms with E-state index in [2.05, 4.69) is 25.7 Å². The quantitative estimate of drug-likeness (QED) is 0.309. The number of methoxy groups -OCH3 is 2. The van der Waals surface area contributed by atoms with Crippen LogP contribution in [0.5, 0.6) is 23.1 Å². The Hall–Kier alpha value is -5.19. The van der Waals surface area contributed by atoms with Gasteiger partial charge in [0.15, 0.2) is 5.82 Å². The van der Waals surface area contributed by atoms with Gasteiger partial charge in [0.2, 0.25) is 5.88 Å². The Kier molecular flexibility index (Phi) is 6.96. The minimum absolute atomic E-state index is 0.308. The number of nitrogens with one attached hydrogen (secondary N) is 1. The van der Waals surface area contributed by atoms with Crippen LogP contribution in [0.3, 0.4) is 0 Å². The highest BCUT2D eigenvalue weighted by molar-refractivity contribution is 6.03. The SMILES string of the molecule is COc1ccc(OC)c(-c2cc(C(=O)Nc3ccc(Oc4ccc(-n5nc(C)cc5C)nn4)cc3)n(C)n2)c1. The molecule has 3 aromatic heterocycles. The fourth-order valence-corrected chi connectivity index (χ4v) is 4.09. The summed E-state index contributed by atoms with van der Waals surface area (Å²) in [7, 11) is 4.88. The first-order valence-electron chi connectivity index (χ1n) is 12.1. The van der Waals surface area contributed by atoms with E-state index in [1.165, 1.54) is 4.68 Å². The number of benzene rings is 2. The summed E-state index contributed by atoms with van der Waals surface area (Å²) in [4.78, 5) is 13.0. The van der Waals surface area contributed by atoms with Crippen LogP contribution in [0, 0.1) is 13.8 Å². The van der Waals surface area contributed by atoms with E-state index in [4.69, 9.17) is 14.2 Å². The first-order chi connectivity index (χ1) is 18.8. The van der Waals surface area contributed by atoms with Crippen molar-refractivity contribution in [2.24, 2.45) is 7.05 Å². The number of hydrogen-bond acceptors (Lipinski definition) is 8. The number of nitrogens with zero attached hydrogens (tertiary/aromatic N) is 6. The van der Waals surface area contributed by atoms with Gasteiger partial charge in [-0.1, -0.05) is 0 Å². The summed E-state index contributed by atoms with van der Waals surface area (Å²) in [5, 5.41) is 20.2. The van der Waals surface area contributed by atoms with Gasteiger partial charge in [0, 0.05) is 30.1 Å². The highest BCUT2D eigenvalue weighted by Gasteiger charge is 2.18. The second kappa shape index (κ2) is 10.7. The number of carbonyl (C=O) groups excluding carboxylic acids is 1. The molecule has 0 aliphatic heterocycles. The molecule has 11 nitrogen and oxygen atoms in total. The second-order valence-corrected chi connectivity index (χ2v) is 8.75. The summed E-state index contributed by atoms with van der Waals surface area (Å²) in [6.07, 6.45) is 0. The van der Waals surface area contributed by atoms with Crippen molar-refractivity contribution in [2.75, 3.05) is 19.5 Å². The lowest BCUT2D eigenvalue weighted by Gasteiger charge is -2.08. The lowest BCUT2D eigenvalue weighted by atomic mass is 10.1. The molecule has 0 saturated carbocycles. The molecule has 0 bridgehead atoms. The molecular weight excluding hydrogens is 498 g/mol. The topological polar surface area (TPSA) is 118 Å². The maximum atomic E-state index is 13.0. The number of anilines is 1. The highest BCUT2D eigenvalue weighted by atomic mass is 16.5. The van der Waals surface area contributed by atoms with E-state index < -0.39 is 0 Å². The number of aromatic nitrogens is 6. The minimum Gasteiger partial charge on any atom is -0.497 e. The van der Waals surface area contributed by atoms with Gasteiger partial charge in [0.25, 0.3) is 5.91 Å². The second-order valence-electron chi connectivity index (χ2n) is 8.75. The van der Waals surface area contributed by atoms with Crippen LogP contribution in [0.2, 0.25) is 0 Å². The molecule has 0 aliphatic carbocycles. The first kappa shape index (κ1) is 25.5. The third-order valence-electron chi connectivity index (χ3n) is 5.98. The van der Waals surface area contributed by atoms with Gasteiger partial charge in [-0.25, -0.2) is 4.68 Å². The molecule has 0 unspecified atom stereocenters. The van der Waals surface area contributed by atoms with E-state index in [0.717, 1.165) is 17.0 Å². The fourth-order valence-electron chi connectivity index (χ4n) is 4.09. The van der Waals surface area contributed by atoms with Gasteiger partial charge in [-0.15, -0.1) is 10.2 Å². The van der Waals surface area contributed by atoms with E-state index in [1.54, 1.807) is 80.5 Å². The third kappa shape index (κ3) is 5.42. The van der Waals surface area contributed by atoms with Crippen molar-refractivity contribution in [1.82, 2.24) is 29.8 Å². The Balaban J connectivity index is 1.26. The van der Waals surface area contributed by atoms with Crippen molar-refractivity contribution in [1.29, 1.82) is 0 Å². The average molecular weight is 526 g/mol. The van der Waals surface area contributed by atoms with Crippen molar-refractivity contribution in [2.45, 2.75) is 13.8 Å². The minimum atomic E-state index is -0.308. The summed E-state index contributed by atoms with van der Waals surface area (Å²) in [5.41, 5.74) is 4.16. The largest absolute Gasteiger partial charge is 0.497 e. The normalized spacial score (nSPS) is 10.8. The van der Waals surface area contributed by atoms with Crippen LogP contribution in [-0.2, 0) is 7.05 Å². The van der Waals surface area contributed by atoms with Gasteiger partial charge in [-0.3, -0.25) is 9.48 Å². The molecule has 2 aromatic carbocycles. The third-order valence-corrected chi connectivity index (χ3v) is 5.98. The summed E-state index contributed by atoms with van der Waals surface area (Å²) in [6, 6.07) is 19.6. The van der Waals surface area contributed by atoms with E-state index >= 15 is 0 Å². The number of amides is 1. The zero-order chi connectivity index (χ0) is 27.5. The van der Waals surface area contributed by atoms with Gasteiger partial charge >= 0.3 is 0 Å². The monoisotopic (exact) mass is 525 g/mol. The molecule has 0 saturated heterocycles. The molecule has 0 fully saturated rings. The molecule has 1 amide bonds. The summed E-state index contributed by atoms with van der Waals surface area (Å²) in [5.74, 6) is 2.48. The number of hydrogen-bond donors (Lipinski definition) is 1. The molecule has 0 spiro atoms. The van der Waals surface area contributed by atoms with Crippen LogP contribution in [0.25, 0.3) is 17.1 Å². The fraction of sp³-hybridized carbons (Fsp3) is 0.179. The predicted molar refractivity (Wildman–Crippen MR) is 145 cm³/mol. The van der Waals surface area contributed by atoms with Crippen molar-refractivity contribution in [3.63, 3.8) is 0 Å². The molecule has 198 valence electrons. The van der Waals surface area contributed by atoms with Crippen molar-refractivity contribution in [3.8, 4) is 40.2 Å². The molecule has 1 N–H and O–H groups in total. The van der Waals surface area contributed by atoms with Crippen LogP contribution in [0.4, 0.5) is 5.69 Å². The average Bonchev–Trinajstić information content (AvgIpc) is 3.50. The molecule has 0 radical (unpaired) electrons. The van der Waals surface area contributed by atoms with Gasteiger partial charge in [0.05, 0.1) is 25.6 Å². The van der Waals surface area contributed by atoms with Crippen LogP contribution >= 0.6 is 0 Å². The molecule has 39 heavy (non-hydrogen) atoms. The lowest BCUT2D eigenvalue weighted by Crippen LogP contribution is -2.15. The zero-order valence-electron chi connectivity index (χ0n) is 22.2. The van der Waals surface area contributed by atoms with Crippen LogP contribution in [0.15, 0.2) is 66.7 Å². The highest BCUT2D eigenvalue weighted by Crippen LogP contribution is 2.33. The Morgan fingerprint density at radius 1 is 0.846 bits per heavy atom. The molecule has 0 atom stereocenters.